The minimum atomic E-state index is 0.283. The fourth-order valence-electron chi connectivity index (χ4n) is 4.47. The number of amides is 1. The third kappa shape index (κ3) is 5.25. The number of hydrogen-bond acceptors (Lipinski definition) is 4. The van der Waals surface area contributed by atoms with Crippen LogP contribution in [0.15, 0.2) is 24.3 Å². The molecule has 0 unspecified atom stereocenters. The molecule has 1 amide bonds. The van der Waals surface area contributed by atoms with Crippen molar-refractivity contribution in [2.75, 3.05) is 31.1 Å². The maximum atomic E-state index is 12.5. The summed E-state index contributed by atoms with van der Waals surface area (Å²) < 4.78 is 0. The van der Waals surface area contributed by atoms with Gasteiger partial charge in [0.05, 0.1) is 0 Å². The zero-order valence-corrected chi connectivity index (χ0v) is 19.5. The predicted molar refractivity (Wildman–Crippen MR) is 126 cm³/mol. The van der Waals surface area contributed by atoms with Gasteiger partial charge in [-0.25, -0.2) is 9.97 Å². The average molecular weight is 421 g/mol. The van der Waals surface area contributed by atoms with Crippen molar-refractivity contribution in [3.8, 4) is 0 Å². The van der Waals surface area contributed by atoms with Crippen LogP contribution in [0.3, 0.4) is 0 Å². The monoisotopic (exact) mass is 420 g/mol. The van der Waals surface area contributed by atoms with Crippen molar-refractivity contribution in [1.82, 2.24) is 14.9 Å². The van der Waals surface area contributed by atoms with E-state index >= 15 is 0 Å². The Labute approximate surface area is 186 Å². The van der Waals surface area contributed by atoms with E-state index in [1.165, 1.54) is 35.2 Å². The van der Waals surface area contributed by atoms with Gasteiger partial charge in [-0.3, -0.25) is 4.79 Å². The van der Waals surface area contributed by atoms with Gasteiger partial charge in [-0.15, -0.1) is 0 Å². The van der Waals surface area contributed by atoms with E-state index in [1.54, 1.807) is 0 Å². The molecule has 2 heterocycles. The van der Waals surface area contributed by atoms with Gasteiger partial charge in [-0.05, 0) is 37.7 Å². The molecule has 0 N–H and O–H groups in total. The van der Waals surface area contributed by atoms with Crippen LogP contribution in [0.25, 0.3) is 0 Å². The molecule has 1 saturated carbocycles. The smallest absolute Gasteiger partial charge is 0.222 e. The number of carbonyl (C=O) groups excluding carboxylic acids is 1. The number of rotatable bonds is 7. The lowest BCUT2D eigenvalue weighted by atomic mass is 10.00. The van der Waals surface area contributed by atoms with Crippen LogP contribution in [0.2, 0.25) is 0 Å². The minimum Gasteiger partial charge on any atom is -0.353 e. The van der Waals surface area contributed by atoms with Crippen LogP contribution >= 0.6 is 0 Å². The van der Waals surface area contributed by atoms with Crippen molar-refractivity contribution in [2.45, 2.75) is 65.7 Å². The van der Waals surface area contributed by atoms with Crippen molar-refractivity contribution in [3.63, 3.8) is 0 Å². The van der Waals surface area contributed by atoms with E-state index < -0.39 is 0 Å². The third-order valence-corrected chi connectivity index (χ3v) is 6.34. The van der Waals surface area contributed by atoms with E-state index in [9.17, 15) is 4.79 Å². The van der Waals surface area contributed by atoms with Crippen molar-refractivity contribution in [1.29, 1.82) is 0 Å². The normalized spacial score (nSPS) is 16.8. The minimum absolute atomic E-state index is 0.283. The Morgan fingerprint density at radius 1 is 1.13 bits per heavy atom. The summed E-state index contributed by atoms with van der Waals surface area (Å²) >= 11 is 0. The van der Waals surface area contributed by atoms with Gasteiger partial charge in [0.2, 0.25) is 5.91 Å². The van der Waals surface area contributed by atoms with Gasteiger partial charge in [0.25, 0.3) is 0 Å². The summed E-state index contributed by atoms with van der Waals surface area (Å²) in [6.45, 7) is 11.8. The maximum Gasteiger partial charge on any atom is 0.222 e. The van der Waals surface area contributed by atoms with Gasteiger partial charge in [0, 0.05) is 56.2 Å². The summed E-state index contributed by atoms with van der Waals surface area (Å²) in [6, 6.07) is 8.74. The summed E-state index contributed by atoms with van der Waals surface area (Å²) in [5.74, 6) is 3.35. The fourth-order valence-corrected chi connectivity index (χ4v) is 4.47. The lowest BCUT2D eigenvalue weighted by Gasteiger charge is -2.37. The molecule has 1 saturated heterocycles. The summed E-state index contributed by atoms with van der Waals surface area (Å²) in [7, 11) is 0. The maximum absolute atomic E-state index is 12.5. The second-order valence-electron chi connectivity index (χ2n) is 9.59. The van der Waals surface area contributed by atoms with Gasteiger partial charge in [-0.1, -0.05) is 50.6 Å². The Bertz CT molecular complexity index is 927. The van der Waals surface area contributed by atoms with Gasteiger partial charge in [-0.2, -0.15) is 0 Å². The molecule has 1 aliphatic heterocycles. The van der Waals surface area contributed by atoms with E-state index in [0.29, 0.717) is 18.3 Å². The molecule has 2 aromatic rings. The molecule has 166 valence electrons. The molecule has 1 aromatic carbocycles. The highest BCUT2D eigenvalue weighted by molar-refractivity contribution is 5.76. The highest BCUT2D eigenvalue weighted by atomic mass is 16.2. The molecule has 4 rings (SSSR count). The number of aromatic nitrogens is 2. The summed E-state index contributed by atoms with van der Waals surface area (Å²) in [5, 5.41) is 0. The van der Waals surface area contributed by atoms with Crippen LogP contribution in [0.4, 0.5) is 5.82 Å². The molecule has 2 aliphatic rings. The fraction of sp³-hybridized carbons (Fsp3) is 0.577. The Morgan fingerprint density at radius 3 is 2.48 bits per heavy atom. The summed E-state index contributed by atoms with van der Waals surface area (Å²) in [4.78, 5) is 27.1. The summed E-state index contributed by atoms with van der Waals surface area (Å²) in [6.07, 6.45) is 4.83. The first kappa shape index (κ1) is 21.8. The van der Waals surface area contributed by atoms with Crippen LogP contribution in [0, 0.1) is 12.8 Å². The van der Waals surface area contributed by atoms with E-state index in [1.807, 2.05) is 4.90 Å². The van der Waals surface area contributed by atoms with E-state index in [4.69, 9.17) is 9.97 Å². The number of piperazine rings is 1. The molecular weight excluding hydrogens is 384 g/mol. The van der Waals surface area contributed by atoms with Crippen LogP contribution in [-0.2, 0) is 17.6 Å². The third-order valence-electron chi connectivity index (χ3n) is 6.34. The number of anilines is 1. The van der Waals surface area contributed by atoms with Crippen LogP contribution in [0.1, 0.15) is 74.2 Å². The largest absolute Gasteiger partial charge is 0.353 e. The lowest BCUT2D eigenvalue weighted by Crippen LogP contribution is -2.49. The van der Waals surface area contributed by atoms with Crippen LogP contribution in [0.5, 0.6) is 0 Å². The van der Waals surface area contributed by atoms with E-state index in [2.05, 4.69) is 56.9 Å². The Hall–Kier alpha value is -2.43. The molecule has 0 radical (unpaired) electrons. The molecule has 0 spiro atoms. The quantitative estimate of drug-likeness (QED) is 0.661. The molecule has 5 heteroatoms. The van der Waals surface area contributed by atoms with E-state index in [-0.39, 0.29) is 5.91 Å². The molecule has 5 nitrogen and oxygen atoms in total. The molecule has 2 fully saturated rings. The Morgan fingerprint density at radius 2 is 1.87 bits per heavy atom. The van der Waals surface area contributed by atoms with Gasteiger partial charge < -0.3 is 9.80 Å². The zero-order chi connectivity index (χ0) is 22.0. The first-order valence-electron chi connectivity index (χ1n) is 11.9. The average Bonchev–Trinajstić information content (AvgIpc) is 3.59. The molecular formula is C26H36N4O. The van der Waals surface area contributed by atoms with Crippen molar-refractivity contribution >= 4 is 11.7 Å². The number of nitrogens with zero attached hydrogens (tertiary/aromatic N) is 4. The van der Waals surface area contributed by atoms with E-state index in [0.717, 1.165) is 50.7 Å². The summed E-state index contributed by atoms with van der Waals surface area (Å²) in [5.41, 5.74) is 5.04. The van der Waals surface area contributed by atoms with Crippen LogP contribution in [-0.4, -0.2) is 47.0 Å². The SMILES string of the molecule is CCc1nc(C2CC2)nc(N2CCN(C(=O)CC(C)C)CC2)c1Cc1cccc(C)c1. The first-order chi connectivity index (χ1) is 14.9. The second-order valence-corrected chi connectivity index (χ2v) is 9.59. The molecule has 1 aromatic heterocycles. The standard InChI is InChI=1S/C26H36N4O/c1-5-23-22(17-20-8-6-7-19(4)16-20)26(28-25(27-23)21-9-10-21)30-13-11-29(12-14-30)24(31)15-18(2)3/h6-8,16,18,21H,5,9-15,17H2,1-4H3. The van der Waals surface area contributed by atoms with Crippen molar-refractivity contribution in [3.05, 3.63) is 52.5 Å². The second kappa shape index (κ2) is 9.37. The van der Waals surface area contributed by atoms with Crippen molar-refractivity contribution in [2.24, 2.45) is 5.92 Å². The number of hydrogen-bond donors (Lipinski definition) is 0. The molecule has 1 aliphatic carbocycles. The number of aryl methyl sites for hydroxylation is 2. The molecule has 0 bridgehead atoms. The van der Waals surface area contributed by atoms with Gasteiger partial charge in [0.15, 0.2) is 0 Å². The number of carbonyl (C=O) groups is 1. The molecule has 0 atom stereocenters. The van der Waals surface area contributed by atoms with Crippen LogP contribution < -0.4 is 4.90 Å². The highest BCUT2D eigenvalue weighted by Gasteiger charge is 2.31. The number of benzene rings is 1. The predicted octanol–water partition coefficient (Wildman–Crippen LogP) is 4.51. The Kier molecular flexibility index (Phi) is 6.59. The first-order valence-corrected chi connectivity index (χ1v) is 11.9. The Balaban J connectivity index is 1.61. The molecule has 31 heavy (non-hydrogen) atoms. The lowest BCUT2D eigenvalue weighted by molar-refractivity contribution is -0.132. The highest BCUT2D eigenvalue weighted by Crippen LogP contribution is 2.40. The van der Waals surface area contributed by atoms with Crippen molar-refractivity contribution < 1.29 is 4.79 Å². The zero-order valence-electron chi connectivity index (χ0n) is 19.5. The van der Waals surface area contributed by atoms with Gasteiger partial charge in [0.1, 0.15) is 11.6 Å². The van der Waals surface area contributed by atoms with Gasteiger partial charge >= 0.3 is 0 Å². The topological polar surface area (TPSA) is 49.3 Å².